The Labute approximate surface area is 87.7 Å². The summed E-state index contributed by atoms with van der Waals surface area (Å²) in [6.45, 7) is 1.13. The van der Waals surface area contributed by atoms with E-state index in [1.54, 1.807) is 4.90 Å². The van der Waals surface area contributed by atoms with Crippen LogP contribution >= 0.6 is 0 Å². The van der Waals surface area contributed by atoms with Gasteiger partial charge in [0.15, 0.2) is 0 Å². The van der Waals surface area contributed by atoms with E-state index in [1.807, 2.05) is 0 Å². The number of nitrogens with zero attached hydrogens (tertiary/aromatic N) is 1. The molecule has 0 radical (unpaired) electrons. The Balaban J connectivity index is 2.25. The predicted octanol–water partition coefficient (Wildman–Crippen LogP) is -1.37. The number of aliphatic hydroxyl groups excluding tert-OH is 1. The van der Waals surface area contributed by atoms with E-state index < -0.39 is 12.0 Å². The molecule has 4 N–H and O–H groups in total. The monoisotopic (exact) mass is 216 g/mol. The van der Waals surface area contributed by atoms with Crippen molar-refractivity contribution in [1.29, 1.82) is 0 Å². The molecule has 0 aromatic heterocycles. The van der Waals surface area contributed by atoms with Crippen molar-refractivity contribution >= 4 is 11.9 Å². The van der Waals surface area contributed by atoms with Crippen LogP contribution in [0.1, 0.15) is 12.8 Å². The van der Waals surface area contributed by atoms with E-state index in [2.05, 4.69) is 0 Å². The summed E-state index contributed by atoms with van der Waals surface area (Å²) in [6.07, 6.45) is 0.0681. The lowest BCUT2D eigenvalue weighted by atomic mass is 9.99. The molecule has 1 fully saturated rings. The molecule has 1 saturated heterocycles. The van der Waals surface area contributed by atoms with Gasteiger partial charge >= 0.3 is 5.97 Å². The van der Waals surface area contributed by atoms with E-state index in [9.17, 15) is 9.59 Å². The maximum atomic E-state index is 11.5. The molecule has 1 rings (SSSR count). The Kier molecular flexibility index (Phi) is 4.05. The third kappa shape index (κ3) is 3.17. The van der Waals surface area contributed by atoms with Gasteiger partial charge in [0.05, 0.1) is 6.04 Å². The Morgan fingerprint density at radius 1 is 1.47 bits per heavy atom. The first kappa shape index (κ1) is 11.9. The molecule has 0 aromatic rings. The maximum absolute atomic E-state index is 11.5. The van der Waals surface area contributed by atoms with Crippen LogP contribution in [0.4, 0.5) is 0 Å². The van der Waals surface area contributed by atoms with Gasteiger partial charge in [-0.3, -0.25) is 9.59 Å². The van der Waals surface area contributed by atoms with E-state index >= 15 is 0 Å². The van der Waals surface area contributed by atoms with Crippen LogP contribution in [-0.4, -0.2) is 52.7 Å². The summed E-state index contributed by atoms with van der Waals surface area (Å²) >= 11 is 0. The summed E-state index contributed by atoms with van der Waals surface area (Å²) in [6, 6.07) is -0.735. The number of amides is 1. The fourth-order valence-corrected chi connectivity index (χ4v) is 1.50. The van der Waals surface area contributed by atoms with Gasteiger partial charge in [-0.15, -0.1) is 0 Å². The largest absolute Gasteiger partial charge is 0.481 e. The van der Waals surface area contributed by atoms with Gasteiger partial charge < -0.3 is 20.8 Å². The van der Waals surface area contributed by atoms with Crippen molar-refractivity contribution in [2.24, 2.45) is 11.7 Å². The first-order chi connectivity index (χ1) is 7.04. The minimum absolute atomic E-state index is 0.0775. The van der Waals surface area contributed by atoms with Crippen LogP contribution in [0.25, 0.3) is 0 Å². The minimum Gasteiger partial charge on any atom is -0.481 e. The molecule has 15 heavy (non-hydrogen) atoms. The molecule has 0 aliphatic carbocycles. The molecule has 0 saturated carbocycles. The number of carboxylic acid groups (broad SMARTS) is 1. The number of aliphatic carboxylic acids is 1. The molecule has 0 spiro atoms. The van der Waals surface area contributed by atoms with Crippen molar-refractivity contribution < 1.29 is 19.8 Å². The van der Waals surface area contributed by atoms with Crippen molar-refractivity contribution in [2.45, 2.75) is 18.9 Å². The van der Waals surface area contributed by atoms with Crippen molar-refractivity contribution in [3.05, 3.63) is 0 Å². The molecule has 1 atom stereocenters. The SMILES string of the molecule is NC(CCC(=O)O)C(=O)N1CC(CO)C1. The molecular weight excluding hydrogens is 200 g/mol. The Morgan fingerprint density at radius 2 is 2.07 bits per heavy atom. The third-order valence-corrected chi connectivity index (χ3v) is 2.51. The standard InChI is InChI=1S/C9H16N2O4/c10-7(1-2-8(13)14)9(15)11-3-6(4-11)5-12/h6-7,12H,1-5,10H2,(H,13,14). The lowest BCUT2D eigenvalue weighted by Crippen LogP contribution is -2.56. The summed E-state index contributed by atoms with van der Waals surface area (Å²) in [7, 11) is 0. The second kappa shape index (κ2) is 5.09. The zero-order chi connectivity index (χ0) is 11.4. The van der Waals surface area contributed by atoms with Crippen LogP contribution in [0, 0.1) is 5.92 Å². The lowest BCUT2D eigenvalue weighted by Gasteiger charge is -2.39. The van der Waals surface area contributed by atoms with Gasteiger partial charge in [0.1, 0.15) is 0 Å². The molecule has 6 nitrogen and oxygen atoms in total. The van der Waals surface area contributed by atoms with Gasteiger partial charge in [-0.1, -0.05) is 0 Å². The summed E-state index contributed by atoms with van der Waals surface area (Å²) in [5, 5.41) is 17.2. The van der Waals surface area contributed by atoms with E-state index in [-0.39, 0.29) is 31.3 Å². The zero-order valence-electron chi connectivity index (χ0n) is 8.43. The van der Waals surface area contributed by atoms with Gasteiger partial charge in [-0.05, 0) is 6.42 Å². The molecule has 0 aromatic carbocycles. The topological polar surface area (TPSA) is 104 Å². The third-order valence-electron chi connectivity index (χ3n) is 2.51. The second-order valence-electron chi connectivity index (χ2n) is 3.83. The van der Waals surface area contributed by atoms with Crippen LogP contribution in [0.5, 0.6) is 0 Å². The number of carbonyl (C=O) groups is 2. The molecular formula is C9H16N2O4. The van der Waals surface area contributed by atoms with Crippen LogP contribution in [0.2, 0.25) is 0 Å². The number of rotatable bonds is 5. The Morgan fingerprint density at radius 3 is 2.53 bits per heavy atom. The number of likely N-dealkylation sites (tertiary alicyclic amines) is 1. The predicted molar refractivity (Wildman–Crippen MR) is 52.0 cm³/mol. The number of carboxylic acids is 1. The molecule has 1 amide bonds. The highest BCUT2D eigenvalue weighted by molar-refractivity contribution is 5.83. The van der Waals surface area contributed by atoms with Crippen molar-refractivity contribution in [3.8, 4) is 0 Å². The molecule has 1 unspecified atom stereocenters. The average molecular weight is 216 g/mol. The first-order valence-corrected chi connectivity index (χ1v) is 4.91. The molecule has 1 aliphatic heterocycles. The van der Waals surface area contributed by atoms with Crippen molar-refractivity contribution in [1.82, 2.24) is 4.90 Å². The van der Waals surface area contributed by atoms with E-state index in [4.69, 9.17) is 15.9 Å². The minimum atomic E-state index is -0.949. The van der Waals surface area contributed by atoms with Gasteiger partial charge in [-0.25, -0.2) is 0 Å². The summed E-state index contributed by atoms with van der Waals surface area (Å²) in [5.41, 5.74) is 5.55. The maximum Gasteiger partial charge on any atom is 0.303 e. The zero-order valence-corrected chi connectivity index (χ0v) is 8.43. The van der Waals surface area contributed by atoms with Crippen molar-refractivity contribution in [3.63, 3.8) is 0 Å². The van der Waals surface area contributed by atoms with Crippen LogP contribution < -0.4 is 5.73 Å². The lowest BCUT2D eigenvalue weighted by molar-refractivity contribution is -0.140. The van der Waals surface area contributed by atoms with E-state index in [1.165, 1.54) is 0 Å². The number of hydrogen-bond donors (Lipinski definition) is 3. The molecule has 0 bridgehead atoms. The van der Waals surface area contributed by atoms with Gasteiger partial charge in [0.2, 0.25) is 5.91 Å². The Bertz CT molecular complexity index is 250. The second-order valence-corrected chi connectivity index (χ2v) is 3.83. The number of nitrogens with two attached hydrogens (primary N) is 1. The average Bonchev–Trinajstić information content (AvgIpc) is 2.12. The van der Waals surface area contributed by atoms with Gasteiger partial charge in [-0.2, -0.15) is 0 Å². The summed E-state index contributed by atoms with van der Waals surface area (Å²) in [4.78, 5) is 23.3. The first-order valence-electron chi connectivity index (χ1n) is 4.91. The van der Waals surface area contributed by atoms with Crippen LogP contribution in [0.15, 0.2) is 0 Å². The van der Waals surface area contributed by atoms with E-state index in [0.717, 1.165) is 0 Å². The smallest absolute Gasteiger partial charge is 0.303 e. The fourth-order valence-electron chi connectivity index (χ4n) is 1.50. The van der Waals surface area contributed by atoms with Crippen LogP contribution in [-0.2, 0) is 9.59 Å². The summed E-state index contributed by atoms with van der Waals surface area (Å²) < 4.78 is 0. The highest BCUT2D eigenvalue weighted by Crippen LogP contribution is 2.16. The summed E-state index contributed by atoms with van der Waals surface area (Å²) in [5.74, 6) is -1.02. The quantitative estimate of drug-likeness (QED) is 0.526. The molecule has 1 heterocycles. The van der Waals surface area contributed by atoms with Gasteiger partial charge in [0.25, 0.3) is 0 Å². The number of carbonyl (C=O) groups excluding carboxylic acids is 1. The molecule has 1 aliphatic rings. The van der Waals surface area contributed by atoms with Crippen molar-refractivity contribution in [2.75, 3.05) is 19.7 Å². The van der Waals surface area contributed by atoms with Gasteiger partial charge in [0, 0.05) is 32.0 Å². The highest BCUT2D eigenvalue weighted by Gasteiger charge is 2.32. The molecule has 6 heteroatoms. The van der Waals surface area contributed by atoms with Crippen LogP contribution in [0.3, 0.4) is 0 Å². The van der Waals surface area contributed by atoms with E-state index in [0.29, 0.717) is 13.1 Å². The molecule has 86 valence electrons. The fraction of sp³-hybridized carbons (Fsp3) is 0.778. The number of hydrogen-bond acceptors (Lipinski definition) is 4. The normalized spacial score (nSPS) is 18.4. The number of aliphatic hydroxyl groups is 1. The Hall–Kier alpha value is -1.14. The highest BCUT2D eigenvalue weighted by atomic mass is 16.4.